The molecule has 0 atom stereocenters. The Kier molecular flexibility index (Phi) is 2.49. The van der Waals surface area contributed by atoms with Gasteiger partial charge < -0.3 is 4.90 Å². The number of fused-ring (bicyclic) bond motifs is 1. The average Bonchev–Trinajstić information content (AvgIpc) is 2.84. The molecule has 1 fully saturated rings. The topological polar surface area (TPSA) is 44.1 Å². The van der Waals surface area contributed by atoms with Crippen LogP contribution in [-0.4, -0.2) is 18.9 Å². The third kappa shape index (κ3) is 1.63. The second-order valence-corrected chi connectivity index (χ2v) is 4.50. The van der Waals surface area contributed by atoms with Crippen LogP contribution in [-0.2, 0) is 4.79 Å². The van der Waals surface area contributed by atoms with Gasteiger partial charge in [0.2, 0.25) is 0 Å². The first kappa shape index (κ1) is 10.8. The van der Waals surface area contributed by atoms with Gasteiger partial charge in [-0.1, -0.05) is 24.3 Å². The lowest BCUT2D eigenvalue weighted by atomic mass is 10.0. The smallest absolute Gasteiger partial charge is 0.153 e. The molecule has 0 saturated carbocycles. The predicted molar refractivity (Wildman–Crippen MR) is 70.5 cm³/mol. The van der Waals surface area contributed by atoms with Gasteiger partial charge in [0.05, 0.1) is 18.2 Å². The molecule has 0 amide bonds. The zero-order chi connectivity index (χ0) is 12.5. The number of nitrogens with zero attached hydrogens (tertiary/aromatic N) is 2. The van der Waals surface area contributed by atoms with E-state index in [9.17, 15) is 4.79 Å². The summed E-state index contributed by atoms with van der Waals surface area (Å²) in [6.07, 6.45) is 0.619. The molecule has 88 valence electrons. The Morgan fingerprint density at radius 2 is 1.89 bits per heavy atom. The molecule has 18 heavy (non-hydrogen) atoms. The number of anilines is 1. The van der Waals surface area contributed by atoms with E-state index < -0.39 is 0 Å². The number of carbonyl (C=O) groups excluding carboxylic acids is 1. The van der Waals surface area contributed by atoms with Gasteiger partial charge in [-0.2, -0.15) is 5.26 Å². The number of ketones is 1. The second-order valence-electron chi connectivity index (χ2n) is 4.50. The van der Waals surface area contributed by atoms with Crippen LogP contribution < -0.4 is 4.90 Å². The number of benzene rings is 2. The van der Waals surface area contributed by atoms with E-state index in [0.717, 1.165) is 23.0 Å². The van der Waals surface area contributed by atoms with E-state index in [4.69, 9.17) is 5.26 Å². The summed E-state index contributed by atoms with van der Waals surface area (Å²) in [6.45, 7) is 1.25. The minimum atomic E-state index is 0.281. The fourth-order valence-corrected chi connectivity index (χ4v) is 2.49. The Bertz CT molecular complexity index is 670. The van der Waals surface area contributed by atoms with E-state index in [1.807, 2.05) is 36.4 Å². The molecule has 0 bridgehead atoms. The molecule has 1 aliphatic rings. The van der Waals surface area contributed by atoms with Crippen molar-refractivity contribution in [2.24, 2.45) is 0 Å². The zero-order valence-corrected chi connectivity index (χ0v) is 9.89. The van der Waals surface area contributed by atoms with E-state index in [1.54, 1.807) is 0 Å². The number of nitriles is 1. The van der Waals surface area contributed by atoms with Crippen molar-refractivity contribution in [1.82, 2.24) is 0 Å². The highest BCUT2D eigenvalue weighted by atomic mass is 16.1. The average molecular weight is 236 g/mol. The van der Waals surface area contributed by atoms with Crippen LogP contribution in [0.2, 0.25) is 0 Å². The van der Waals surface area contributed by atoms with Gasteiger partial charge >= 0.3 is 0 Å². The quantitative estimate of drug-likeness (QED) is 0.764. The minimum Gasteiger partial charge on any atom is -0.363 e. The van der Waals surface area contributed by atoms with Gasteiger partial charge in [-0.15, -0.1) is 0 Å². The fourth-order valence-electron chi connectivity index (χ4n) is 2.49. The van der Waals surface area contributed by atoms with Gasteiger partial charge in [0.15, 0.2) is 5.78 Å². The van der Waals surface area contributed by atoms with Crippen LogP contribution in [0.1, 0.15) is 12.0 Å². The van der Waals surface area contributed by atoms with E-state index in [-0.39, 0.29) is 5.78 Å². The molecule has 2 aromatic carbocycles. The van der Waals surface area contributed by atoms with E-state index in [2.05, 4.69) is 11.0 Å². The normalized spacial score (nSPS) is 15.1. The lowest BCUT2D eigenvalue weighted by molar-refractivity contribution is -0.116. The largest absolute Gasteiger partial charge is 0.363 e. The maximum absolute atomic E-state index is 11.4. The van der Waals surface area contributed by atoms with Crippen molar-refractivity contribution in [3.05, 3.63) is 42.0 Å². The summed E-state index contributed by atoms with van der Waals surface area (Å²) in [7, 11) is 0. The van der Waals surface area contributed by atoms with Crippen LogP contribution in [0.15, 0.2) is 36.4 Å². The molecule has 0 N–H and O–H groups in total. The van der Waals surface area contributed by atoms with E-state index in [0.29, 0.717) is 18.5 Å². The van der Waals surface area contributed by atoms with Crippen molar-refractivity contribution in [2.75, 3.05) is 18.0 Å². The molecule has 1 aliphatic heterocycles. The molecule has 3 heteroatoms. The van der Waals surface area contributed by atoms with Crippen molar-refractivity contribution < 1.29 is 4.79 Å². The summed E-state index contributed by atoms with van der Waals surface area (Å²) in [5.74, 6) is 0.281. The Balaban J connectivity index is 2.19. The maximum Gasteiger partial charge on any atom is 0.153 e. The molecule has 0 unspecified atom stereocenters. The first-order chi connectivity index (χ1) is 8.79. The lowest BCUT2D eigenvalue weighted by Crippen LogP contribution is -2.19. The van der Waals surface area contributed by atoms with Crippen LogP contribution >= 0.6 is 0 Å². The maximum atomic E-state index is 11.4. The molecule has 3 rings (SSSR count). The Morgan fingerprint density at radius 1 is 1.11 bits per heavy atom. The van der Waals surface area contributed by atoms with Crippen molar-refractivity contribution in [3.63, 3.8) is 0 Å². The Labute approximate surface area is 105 Å². The predicted octanol–water partition coefficient (Wildman–Crippen LogP) is 2.49. The Hall–Kier alpha value is -2.34. The highest BCUT2D eigenvalue weighted by Crippen LogP contribution is 2.30. The summed E-state index contributed by atoms with van der Waals surface area (Å²) < 4.78 is 0. The molecule has 2 aromatic rings. The molecule has 0 radical (unpaired) electrons. The van der Waals surface area contributed by atoms with Gasteiger partial charge in [-0.25, -0.2) is 0 Å². The molecule has 0 aliphatic carbocycles. The number of hydrogen-bond donors (Lipinski definition) is 0. The summed E-state index contributed by atoms with van der Waals surface area (Å²) >= 11 is 0. The van der Waals surface area contributed by atoms with Gasteiger partial charge in [0.1, 0.15) is 0 Å². The molecule has 1 heterocycles. The zero-order valence-electron chi connectivity index (χ0n) is 9.89. The molecule has 1 saturated heterocycles. The van der Waals surface area contributed by atoms with Gasteiger partial charge in [0.25, 0.3) is 0 Å². The second kappa shape index (κ2) is 4.15. The molecule has 3 nitrogen and oxygen atoms in total. The summed E-state index contributed by atoms with van der Waals surface area (Å²) in [5, 5.41) is 11.1. The number of rotatable bonds is 1. The van der Waals surface area contributed by atoms with Crippen LogP contribution in [0.4, 0.5) is 5.69 Å². The molecular weight excluding hydrogens is 224 g/mol. The van der Waals surface area contributed by atoms with Crippen LogP contribution in [0, 0.1) is 11.3 Å². The van der Waals surface area contributed by atoms with E-state index in [1.165, 1.54) is 0 Å². The lowest BCUT2D eigenvalue weighted by Gasteiger charge is -2.19. The number of carbonyl (C=O) groups is 1. The van der Waals surface area contributed by atoms with Gasteiger partial charge in [0, 0.05) is 29.4 Å². The Morgan fingerprint density at radius 3 is 2.56 bits per heavy atom. The number of hydrogen-bond acceptors (Lipinski definition) is 3. The van der Waals surface area contributed by atoms with Crippen molar-refractivity contribution in [2.45, 2.75) is 6.42 Å². The standard InChI is InChI=1S/C15H12N2O/c16-9-11-5-6-15(17-8-7-12(18)10-17)14-4-2-1-3-13(11)14/h1-6H,7-8,10H2. The summed E-state index contributed by atoms with van der Waals surface area (Å²) in [5.41, 5.74) is 1.73. The molecular formula is C15H12N2O. The van der Waals surface area contributed by atoms with Gasteiger partial charge in [-0.3, -0.25) is 4.79 Å². The third-order valence-corrected chi connectivity index (χ3v) is 3.39. The van der Waals surface area contributed by atoms with Crippen LogP contribution in [0.3, 0.4) is 0 Å². The SMILES string of the molecule is N#Cc1ccc(N2CCC(=O)C2)c2ccccc12. The fraction of sp³-hybridized carbons (Fsp3) is 0.200. The van der Waals surface area contributed by atoms with E-state index >= 15 is 0 Å². The number of Topliss-reactive ketones (excluding diaryl/α,β-unsaturated/α-hetero) is 1. The summed E-state index contributed by atoms with van der Waals surface area (Å²) in [4.78, 5) is 13.5. The summed E-state index contributed by atoms with van der Waals surface area (Å²) in [6, 6.07) is 13.8. The first-order valence-electron chi connectivity index (χ1n) is 5.98. The van der Waals surface area contributed by atoms with Crippen molar-refractivity contribution in [1.29, 1.82) is 5.26 Å². The minimum absolute atomic E-state index is 0.281. The third-order valence-electron chi connectivity index (χ3n) is 3.39. The molecule has 0 spiro atoms. The van der Waals surface area contributed by atoms with Crippen molar-refractivity contribution >= 4 is 22.2 Å². The van der Waals surface area contributed by atoms with Gasteiger partial charge in [-0.05, 0) is 12.1 Å². The monoisotopic (exact) mass is 236 g/mol. The van der Waals surface area contributed by atoms with Crippen molar-refractivity contribution in [3.8, 4) is 6.07 Å². The first-order valence-corrected chi connectivity index (χ1v) is 5.98. The highest BCUT2D eigenvalue weighted by Gasteiger charge is 2.21. The molecule has 0 aromatic heterocycles. The van der Waals surface area contributed by atoms with Crippen LogP contribution in [0.5, 0.6) is 0 Å². The highest BCUT2D eigenvalue weighted by molar-refractivity contribution is 6.00. The van der Waals surface area contributed by atoms with Crippen LogP contribution in [0.25, 0.3) is 10.8 Å².